The maximum atomic E-state index is 13.9. The molecule has 216 valence electrons. The highest BCUT2D eigenvalue weighted by Crippen LogP contribution is 2.49. The van der Waals surface area contributed by atoms with Gasteiger partial charge >= 0.3 is 17.8 Å². The predicted octanol–water partition coefficient (Wildman–Crippen LogP) is 2.47. The molecule has 10 heteroatoms. The third-order valence-corrected chi connectivity index (χ3v) is 8.60. The number of imide groups is 3. The molecule has 0 radical (unpaired) electrons. The monoisotopic (exact) mass is 571 g/mol. The zero-order chi connectivity index (χ0) is 29.8. The zero-order valence-corrected chi connectivity index (χ0v) is 23.3. The maximum Gasteiger partial charge on any atom is 0.510 e. The van der Waals surface area contributed by atoms with E-state index < -0.39 is 53.2 Å². The van der Waals surface area contributed by atoms with Gasteiger partial charge in [-0.15, -0.1) is 0 Å². The Balaban J connectivity index is 1.59. The van der Waals surface area contributed by atoms with Crippen LogP contribution in [-0.4, -0.2) is 82.0 Å². The summed E-state index contributed by atoms with van der Waals surface area (Å²) in [5.41, 5.74) is -1.89. The molecule has 3 aliphatic rings. The third kappa shape index (κ3) is 3.90. The molecular formula is C32H31N2O8+. The van der Waals surface area contributed by atoms with E-state index in [1.807, 2.05) is 54.6 Å². The first kappa shape index (κ1) is 27.8. The largest absolute Gasteiger partial charge is 0.510 e. The van der Waals surface area contributed by atoms with Gasteiger partial charge in [0.2, 0.25) is 11.8 Å². The molecule has 3 aliphatic heterocycles. The van der Waals surface area contributed by atoms with Gasteiger partial charge < -0.3 is 24.4 Å². The molecule has 3 heterocycles. The van der Waals surface area contributed by atoms with Gasteiger partial charge in [-0.1, -0.05) is 59.5 Å². The fraction of sp³-hybridized carbons (Fsp3) is 0.312. The van der Waals surface area contributed by atoms with E-state index in [0.29, 0.717) is 33.1 Å². The van der Waals surface area contributed by atoms with E-state index >= 15 is 0 Å². The van der Waals surface area contributed by atoms with Crippen LogP contribution in [0.25, 0.3) is 0 Å². The molecule has 3 aromatic rings. The van der Waals surface area contributed by atoms with Gasteiger partial charge in [-0.05, 0) is 47.9 Å². The summed E-state index contributed by atoms with van der Waals surface area (Å²) in [7, 11) is 3.10. The van der Waals surface area contributed by atoms with Gasteiger partial charge in [0.1, 0.15) is 29.6 Å². The first-order valence-electron chi connectivity index (χ1n) is 13.6. The lowest BCUT2D eigenvalue weighted by Crippen LogP contribution is -2.65. The summed E-state index contributed by atoms with van der Waals surface area (Å²) >= 11 is 0. The van der Waals surface area contributed by atoms with Crippen molar-refractivity contribution >= 4 is 24.1 Å². The molecular weight excluding hydrogens is 540 g/mol. The lowest BCUT2D eigenvalue weighted by Gasteiger charge is -2.44. The van der Waals surface area contributed by atoms with Crippen LogP contribution >= 0.6 is 0 Å². The Labute approximate surface area is 242 Å². The summed E-state index contributed by atoms with van der Waals surface area (Å²) in [6.45, 7) is 1.56. The number of urea groups is 1. The number of fused-ring (bicyclic) bond motifs is 5. The molecule has 6 rings (SSSR count). The molecule has 0 spiro atoms. The normalized spacial score (nSPS) is 26.0. The minimum absolute atomic E-state index is 0.317. The van der Waals surface area contributed by atoms with Gasteiger partial charge in [-0.3, -0.25) is 0 Å². The summed E-state index contributed by atoms with van der Waals surface area (Å²) in [4.78, 5) is 40.4. The van der Waals surface area contributed by atoms with E-state index in [2.05, 4.69) is 0 Å². The van der Waals surface area contributed by atoms with Gasteiger partial charge in [-0.2, -0.15) is 9.37 Å². The second kappa shape index (κ2) is 10.2. The second-order valence-corrected chi connectivity index (χ2v) is 10.8. The summed E-state index contributed by atoms with van der Waals surface area (Å²) in [6, 6.07) is 22.6. The van der Waals surface area contributed by atoms with E-state index in [-0.39, 0.29) is 6.42 Å². The van der Waals surface area contributed by atoms with Crippen LogP contribution in [0.2, 0.25) is 0 Å². The summed E-state index contributed by atoms with van der Waals surface area (Å²) in [5.74, 6) is -1.44. The smallest absolute Gasteiger partial charge is 0.497 e. The Bertz CT molecular complexity index is 1520. The van der Waals surface area contributed by atoms with Crippen LogP contribution in [0.5, 0.6) is 11.5 Å². The Morgan fingerprint density at radius 3 is 1.95 bits per heavy atom. The van der Waals surface area contributed by atoms with Crippen LogP contribution in [0, 0.1) is 5.92 Å². The van der Waals surface area contributed by atoms with Crippen molar-refractivity contribution < 1.29 is 43.4 Å². The Hall–Kier alpha value is -4.38. The Kier molecular flexibility index (Phi) is 6.72. The minimum atomic E-state index is -2.39. The van der Waals surface area contributed by atoms with Crippen LogP contribution < -0.4 is 9.47 Å². The minimum Gasteiger partial charge on any atom is -0.497 e. The van der Waals surface area contributed by atoms with Gasteiger partial charge in [0.25, 0.3) is 0 Å². The molecule has 3 aromatic carbocycles. The van der Waals surface area contributed by atoms with Crippen molar-refractivity contribution in [3.8, 4) is 11.5 Å². The van der Waals surface area contributed by atoms with E-state index in [1.165, 1.54) is 10.8 Å². The van der Waals surface area contributed by atoms with Crippen LogP contribution in [-0.2, 0) is 19.7 Å². The highest BCUT2D eigenvalue weighted by molar-refractivity contribution is 6.17. The topological polar surface area (TPSA) is 126 Å². The summed E-state index contributed by atoms with van der Waals surface area (Å²) in [6.07, 6.45) is -3.12. The molecule has 4 bridgehead atoms. The van der Waals surface area contributed by atoms with E-state index in [0.717, 1.165) is 0 Å². The molecule has 2 unspecified atom stereocenters. The molecule has 2 N–H and O–H groups in total. The molecule has 5 atom stereocenters. The standard InChI is InChI=1S/C32H31N2O8/c1-19-18-33-25-17-31(39,29(37)34(28(19)36)30(33)38)27(42-25)26(35)32(20-7-5-4-6-8-20,21-9-13-23(40-2)14-10-21)22-11-15-24(41-3)16-12-22/h4-16,18-19,25-27,35,39H,17H2,1-3H3/q+1/t19?,25-,26?,27-,31+/m1/s1. The molecule has 2 fully saturated rings. The SMILES string of the molecule is COc1ccc(C(c2ccccc2)(c2ccc(OC)cc2)C(O)[C@H]2O[C@@H]3C[C@@]2(O)C(=O)N2C(=O)C(C)C=[N+]3C2=O)cc1. The van der Waals surface area contributed by atoms with Gasteiger partial charge in [0, 0.05) is 0 Å². The Morgan fingerprint density at radius 2 is 1.43 bits per heavy atom. The first-order valence-corrected chi connectivity index (χ1v) is 13.6. The van der Waals surface area contributed by atoms with Crippen LogP contribution in [0.15, 0.2) is 78.9 Å². The quantitative estimate of drug-likeness (QED) is 0.252. The number of ether oxygens (including phenoxy) is 3. The van der Waals surface area contributed by atoms with E-state index in [9.17, 15) is 24.6 Å². The van der Waals surface area contributed by atoms with Crippen molar-refractivity contribution in [1.29, 1.82) is 0 Å². The summed E-state index contributed by atoms with van der Waals surface area (Å²) < 4.78 is 18.2. The number of rotatable bonds is 7. The predicted molar refractivity (Wildman–Crippen MR) is 149 cm³/mol. The van der Waals surface area contributed by atoms with Crippen molar-refractivity contribution in [3.05, 3.63) is 95.6 Å². The number of benzene rings is 3. The number of carbonyl (C=O) groups excluding carboxylic acids is 3. The molecule has 0 aliphatic carbocycles. The van der Waals surface area contributed by atoms with Gasteiger partial charge in [0.15, 0.2) is 0 Å². The number of nitrogens with zero attached hydrogens (tertiary/aromatic N) is 2. The number of aliphatic hydroxyl groups excluding tert-OH is 1. The number of amides is 4. The Morgan fingerprint density at radius 1 is 0.905 bits per heavy atom. The van der Waals surface area contributed by atoms with Crippen LogP contribution in [0.1, 0.15) is 30.0 Å². The lowest BCUT2D eigenvalue weighted by molar-refractivity contribution is -0.530. The number of carbonyl (C=O) groups is 3. The van der Waals surface area contributed by atoms with E-state index in [1.54, 1.807) is 45.4 Å². The molecule has 0 aromatic heterocycles. The number of aliphatic hydroxyl groups is 2. The maximum absolute atomic E-state index is 13.9. The van der Waals surface area contributed by atoms with Crippen molar-refractivity contribution in [1.82, 2.24) is 4.90 Å². The molecule has 42 heavy (non-hydrogen) atoms. The molecule has 4 amide bonds. The number of hydrogen-bond acceptors (Lipinski definition) is 8. The number of hydrogen-bond donors (Lipinski definition) is 2. The van der Waals surface area contributed by atoms with Gasteiger partial charge in [-0.25, -0.2) is 9.59 Å². The molecule has 0 saturated carbocycles. The fourth-order valence-electron chi connectivity index (χ4n) is 6.45. The zero-order valence-electron chi connectivity index (χ0n) is 23.3. The fourth-order valence-corrected chi connectivity index (χ4v) is 6.45. The average Bonchev–Trinajstić information content (AvgIpc) is 3.36. The van der Waals surface area contributed by atoms with Crippen molar-refractivity contribution in [2.75, 3.05) is 14.2 Å². The van der Waals surface area contributed by atoms with Crippen molar-refractivity contribution in [3.63, 3.8) is 0 Å². The second-order valence-electron chi connectivity index (χ2n) is 10.8. The van der Waals surface area contributed by atoms with Crippen LogP contribution in [0.3, 0.4) is 0 Å². The highest BCUT2D eigenvalue weighted by Gasteiger charge is 2.70. The number of methoxy groups -OCH3 is 2. The van der Waals surface area contributed by atoms with Crippen molar-refractivity contribution in [2.45, 2.75) is 42.8 Å². The average molecular weight is 572 g/mol. The van der Waals surface area contributed by atoms with E-state index in [4.69, 9.17) is 14.2 Å². The highest BCUT2D eigenvalue weighted by atomic mass is 16.6. The molecule has 10 nitrogen and oxygen atoms in total. The van der Waals surface area contributed by atoms with Crippen molar-refractivity contribution in [2.24, 2.45) is 5.92 Å². The first-order chi connectivity index (χ1) is 20.2. The van der Waals surface area contributed by atoms with Gasteiger partial charge in [0.05, 0.1) is 32.3 Å². The third-order valence-electron chi connectivity index (χ3n) is 8.60. The van der Waals surface area contributed by atoms with Crippen LogP contribution in [0.4, 0.5) is 4.79 Å². The lowest BCUT2D eigenvalue weighted by atomic mass is 9.63. The molecule has 2 saturated heterocycles. The summed E-state index contributed by atoms with van der Waals surface area (Å²) in [5, 5.41) is 24.7.